The van der Waals surface area contributed by atoms with E-state index in [1.165, 1.54) is 0 Å². The average molecular weight is 299 g/mol. The van der Waals surface area contributed by atoms with Crippen LogP contribution < -0.4 is 0 Å². The van der Waals surface area contributed by atoms with E-state index in [9.17, 15) is 4.79 Å². The number of carbonyl (C=O) groups excluding carboxylic acids is 1. The van der Waals surface area contributed by atoms with Crippen molar-refractivity contribution in [3.05, 3.63) is 33.8 Å². The molecule has 1 aromatic rings. The molecule has 2 heterocycles. The minimum absolute atomic E-state index is 0.00934. The summed E-state index contributed by atoms with van der Waals surface area (Å²) in [5, 5.41) is 5.07. The van der Waals surface area contributed by atoms with Gasteiger partial charge in [0.05, 0.1) is 10.7 Å². The molecule has 0 radical (unpaired) electrons. The summed E-state index contributed by atoms with van der Waals surface area (Å²) in [7, 11) is 0. The van der Waals surface area contributed by atoms with Crippen LogP contribution in [0, 0.1) is 0 Å². The van der Waals surface area contributed by atoms with E-state index in [1.807, 2.05) is 0 Å². The molecule has 0 aromatic heterocycles. The maximum Gasteiger partial charge on any atom is 0.266 e. The van der Waals surface area contributed by atoms with Gasteiger partial charge in [-0.25, -0.2) is 0 Å². The molecule has 1 amide bonds. The number of oxime groups is 1. The Morgan fingerprint density at radius 3 is 2.79 bits per heavy atom. The quantitative estimate of drug-likeness (QED) is 0.842. The molecule has 6 heteroatoms. The number of rotatable bonds is 2. The standard InChI is InChI=1S/C13H12Cl2N2O2/c14-8-2-3-9(10(15)6-8)11-7-12(19-16-11)13(18)17-4-1-5-17/h2-3,6,12H,1,4-5,7H2/t12-/m0/s1. The first-order chi connectivity index (χ1) is 9.15. The Hall–Kier alpha value is -1.26. The van der Waals surface area contributed by atoms with Gasteiger partial charge in [-0.15, -0.1) is 0 Å². The van der Waals surface area contributed by atoms with Gasteiger partial charge in [-0.1, -0.05) is 34.4 Å². The van der Waals surface area contributed by atoms with Crippen LogP contribution in [0.4, 0.5) is 0 Å². The van der Waals surface area contributed by atoms with Gasteiger partial charge in [0.15, 0.2) is 0 Å². The van der Waals surface area contributed by atoms with E-state index in [-0.39, 0.29) is 5.91 Å². The Bertz CT molecular complexity index is 556. The third-order valence-corrected chi connectivity index (χ3v) is 3.90. The molecule has 2 aliphatic rings. The molecule has 19 heavy (non-hydrogen) atoms. The lowest BCUT2D eigenvalue weighted by Gasteiger charge is -2.32. The van der Waals surface area contributed by atoms with Crippen LogP contribution in [-0.4, -0.2) is 35.7 Å². The molecule has 0 saturated carbocycles. The second-order valence-corrected chi connectivity index (χ2v) is 5.48. The Morgan fingerprint density at radius 1 is 1.37 bits per heavy atom. The summed E-state index contributed by atoms with van der Waals surface area (Å²) in [6.45, 7) is 1.63. The number of hydrogen-bond acceptors (Lipinski definition) is 3. The largest absolute Gasteiger partial charge is 0.382 e. The predicted octanol–water partition coefficient (Wildman–Crippen LogP) is 2.72. The number of hydrogen-bond donors (Lipinski definition) is 0. The maximum absolute atomic E-state index is 12.0. The summed E-state index contributed by atoms with van der Waals surface area (Å²) in [5.74, 6) is 0.00934. The minimum atomic E-state index is -0.512. The number of carbonyl (C=O) groups is 1. The molecule has 1 atom stereocenters. The molecule has 1 fully saturated rings. The van der Waals surface area contributed by atoms with Crippen LogP contribution in [0.2, 0.25) is 10.0 Å². The van der Waals surface area contributed by atoms with Gasteiger partial charge in [0, 0.05) is 30.1 Å². The highest BCUT2D eigenvalue weighted by Gasteiger charge is 2.34. The predicted molar refractivity (Wildman–Crippen MR) is 73.7 cm³/mol. The van der Waals surface area contributed by atoms with Crippen LogP contribution in [0.15, 0.2) is 23.4 Å². The van der Waals surface area contributed by atoms with Gasteiger partial charge in [-0.05, 0) is 18.6 Å². The molecule has 0 aliphatic carbocycles. The van der Waals surface area contributed by atoms with Crippen molar-refractivity contribution in [2.75, 3.05) is 13.1 Å². The number of nitrogens with zero attached hydrogens (tertiary/aromatic N) is 2. The first-order valence-corrected chi connectivity index (χ1v) is 6.87. The Kier molecular flexibility index (Phi) is 3.37. The topological polar surface area (TPSA) is 41.9 Å². The van der Waals surface area contributed by atoms with Gasteiger partial charge in [-0.3, -0.25) is 4.79 Å². The van der Waals surface area contributed by atoms with Crippen molar-refractivity contribution in [3.8, 4) is 0 Å². The van der Waals surface area contributed by atoms with Crippen LogP contribution in [0.5, 0.6) is 0 Å². The third-order valence-electron chi connectivity index (χ3n) is 3.35. The molecule has 0 N–H and O–H groups in total. The zero-order chi connectivity index (χ0) is 13.4. The van der Waals surface area contributed by atoms with Crippen molar-refractivity contribution < 1.29 is 9.63 Å². The van der Waals surface area contributed by atoms with Crippen LogP contribution >= 0.6 is 23.2 Å². The molecular weight excluding hydrogens is 287 g/mol. The summed E-state index contributed by atoms with van der Waals surface area (Å²) in [6, 6.07) is 5.20. The van der Waals surface area contributed by atoms with Crippen molar-refractivity contribution in [3.63, 3.8) is 0 Å². The zero-order valence-electron chi connectivity index (χ0n) is 10.1. The summed E-state index contributed by atoms with van der Waals surface area (Å²) >= 11 is 12.0. The molecular formula is C13H12Cl2N2O2. The monoisotopic (exact) mass is 298 g/mol. The SMILES string of the molecule is O=C([C@@H]1CC(c2ccc(Cl)cc2Cl)=NO1)N1CCC1. The normalized spacial score (nSPS) is 21.7. The van der Waals surface area contributed by atoms with Crippen molar-refractivity contribution in [2.24, 2.45) is 5.16 Å². The van der Waals surface area contributed by atoms with E-state index in [0.717, 1.165) is 25.1 Å². The number of amides is 1. The highest BCUT2D eigenvalue weighted by molar-refractivity contribution is 6.37. The fraction of sp³-hybridized carbons (Fsp3) is 0.385. The van der Waals surface area contributed by atoms with Crippen molar-refractivity contribution >= 4 is 34.8 Å². The Morgan fingerprint density at radius 2 is 2.16 bits per heavy atom. The first kappa shape index (κ1) is 12.8. The summed E-state index contributed by atoms with van der Waals surface area (Å²) in [5.41, 5.74) is 1.46. The van der Waals surface area contributed by atoms with Gasteiger partial charge in [0.2, 0.25) is 6.10 Å². The van der Waals surface area contributed by atoms with E-state index >= 15 is 0 Å². The van der Waals surface area contributed by atoms with Gasteiger partial charge in [-0.2, -0.15) is 0 Å². The summed E-state index contributed by atoms with van der Waals surface area (Å²) < 4.78 is 0. The van der Waals surface area contributed by atoms with Gasteiger partial charge in [0.1, 0.15) is 0 Å². The first-order valence-electron chi connectivity index (χ1n) is 6.12. The Labute approximate surface area is 120 Å². The second-order valence-electron chi connectivity index (χ2n) is 4.64. The fourth-order valence-electron chi connectivity index (χ4n) is 2.13. The number of halogens is 2. The molecule has 100 valence electrons. The van der Waals surface area contributed by atoms with Crippen LogP contribution in [0.3, 0.4) is 0 Å². The molecule has 1 aromatic carbocycles. The third kappa shape index (κ3) is 2.42. The van der Waals surface area contributed by atoms with Crippen molar-refractivity contribution in [2.45, 2.75) is 18.9 Å². The molecule has 3 rings (SSSR count). The van der Waals surface area contributed by atoms with Gasteiger partial charge < -0.3 is 9.74 Å². The van der Waals surface area contributed by atoms with Crippen LogP contribution in [0.25, 0.3) is 0 Å². The van der Waals surface area contributed by atoms with E-state index in [1.54, 1.807) is 23.1 Å². The van der Waals surface area contributed by atoms with Gasteiger partial charge >= 0.3 is 0 Å². The van der Waals surface area contributed by atoms with Gasteiger partial charge in [0.25, 0.3) is 5.91 Å². The lowest BCUT2D eigenvalue weighted by atomic mass is 10.0. The van der Waals surface area contributed by atoms with Crippen LogP contribution in [-0.2, 0) is 9.63 Å². The number of benzene rings is 1. The lowest BCUT2D eigenvalue weighted by Crippen LogP contribution is -2.47. The van der Waals surface area contributed by atoms with E-state index < -0.39 is 6.10 Å². The van der Waals surface area contributed by atoms with Crippen molar-refractivity contribution in [1.82, 2.24) is 4.90 Å². The Balaban J connectivity index is 1.72. The maximum atomic E-state index is 12.0. The highest BCUT2D eigenvalue weighted by Crippen LogP contribution is 2.27. The molecule has 0 unspecified atom stereocenters. The average Bonchev–Trinajstić information content (AvgIpc) is 2.75. The zero-order valence-corrected chi connectivity index (χ0v) is 11.6. The van der Waals surface area contributed by atoms with E-state index in [0.29, 0.717) is 22.2 Å². The molecule has 0 spiro atoms. The fourth-order valence-corrected chi connectivity index (χ4v) is 2.65. The smallest absolute Gasteiger partial charge is 0.266 e. The van der Waals surface area contributed by atoms with E-state index in [4.69, 9.17) is 28.0 Å². The van der Waals surface area contributed by atoms with Crippen LogP contribution in [0.1, 0.15) is 18.4 Å². The highest BCUT2D eigenvalue weighted by atomic mass is 35.5. The van der Waals surface area contributed by atoms with E-state index in [2.05, 4.69) is 5.16 Å². The molecule has 1 saturated heterocycles. The lowest BCUT2D eigenvalue weighted by molar-refractivity contribution is -0.145. The number of likely N-dealkylation sites (tertiary alicyclic amines) is 1. The second kappa shape index (κ2) is 5.02. The molecule has 4 nitrogen and oxygen atoms in total. The van der Waals surface area contributed by atoms with Crippen molar-refractivity contribution in [1.29, 1.82) is 0 Å². The molecule has 0 bridgehead atoms. The summed E-state index contributed by atoms with van der Waals surface area (Å²) in [4.78, 5) is 19.0. The molecule has 2 aliphatic heterocycles. The minimum Gasteiger partial charge on any atom is -0.382 e. The summed E-state index contributed by atoms with van der Waals surface area (Å²) in [6.07, 6.45) is 1.01.